The fourth-order valence-electron chi connectivity index (χ4n) is 3.24. The normalized spacial score (nSPS) is 16.9. The summed E-state index contributed by atoms with van der Waals surface area (Å²) in [7, 11) is 0. The number of carbonyl (C=O) groups excluding carboxylic acids is 2. The van der Waals surface area contributed by atoms with Gasteiger partial charge >= 0.3 is 0 Å². The largest absolute Gasteiger partial charge is 0.486 e. The zero-order valence-corrected chi connectivity index (χ0v) is 14.3. The highest BCUT2D eigenvalue weighted by Gasteiger charge is 2.25. The molecule has 26 heavy (non-hydrogen) atoms. The lowest BCUT2D eigenvalue weighted by Crippen LogP contribution is -2.37. The van der Waals surface area contributed by atoms with Crippen LogP contribution in [0.5, 0.6) is 11.5 Å². The minimum absolute atomic E-state index is 0.0609. The lowest BCUT2D eigenvalue weighted by molar-refractivity contribution is 0.0700. The van der Waals surface area contributed by atoms with Crippen LogP contribution in [-0.2, 0) is 0 Å². The Morgan fingerprint density at radius 1 is 0.846 bits per heavy atom. The van der Waals surface area contributed by atoms with E-state index >= 15 is 0 Å². The van der Waals surface area contributed by atoms with Crippen molar-refractivity contribution in [2.75, 3.05) is 39.4 Å². The van der Waals surface area contributed by atoms with Gasteiger partial charge in [0.05, 0.1) is 6.26 Å². The Bertz CT molecular complexity index is 802. The van der Waals surface area contributed by atoms with E-state index in [4.69, 9.17) is 13.9 Å². The molecule has 2 amide bonds. The van der Waals surface area contributed by atoms with Gasteiger partial charge in [-0.3, -0.25) is 9.59 Å². The smallest absolute Gasteiger partial charge is 0.289 e. The molecule has 1 aromatic heterocycles. The highest BCUT2D eigenvalue weighted by Crippen LogP contribution is 2.31. The molecule has 1 saturated heterocycles. The predicted octanol–water partition coefficient (Wildman–Crippen LogP) is 2.04. The molecule has 0 unspecified atom stereocenters. The summed E-state index contributed by atoms with van der Waals surface area (Å²) in [6.45, 7) is 3.18. The fraction of sp³-hybridized carbons (Fsp3) is 0.368. The molecular formula is C19H20N2O5. The summed E-state index contributed by atoms with van der Waals surface area (Å²) < 4.78 is 16.2. The summed E-state index contributed by atoms with van der Waals surface area (Å²) in [5.74, 6) is 1.40. The van der Waals surface area contributed by atoms with Gasteiger partial charge in [0, 0.05) is 31.7 Å². The molecule has 2 aliphatic heterocycles. The van der Waals surface area contributed by atoms with E-state index in [0.717, 1.165) is 6.42 Å². The van der Waals surface area contributed by atoms with Crippen LogP contribution in [0.4, 0.5) is 0 Å². The van der Waals surface area contributed by atoms with Crippen molar-refractivity contribution < 1.29 is 23.5 Å². The molecule has 0 bridgehead atoms. The minimum atomic E-state index is -0.136. The second kappa shape index (κ2) is 7.11. The summed E-state index contributed by atoms with van der Waals surface area (Å²) in [6, 6.07) is 8.61. The molecule has 136 valence electrons. The first-order chi connectivity index (χ1) is 12.7. The maximum Gasteiger partial charge on any atom is 0.289 e. The molecule has 1 fully saturated rings. The van der Waals surface area contributed by atoms with Crippen LogP contribution < -0.4 is 9.47 Å². The molecule has 1 aromatic carbocycles. The van der Waals surface area contributed by atoms with Crippen LogP contribution in [0, 0.1) is 0 Å². The predicted molar refractivity (Wildman–Crippen MR) is 92.6 cm³/mol. The Labute approximate surface area is 151 Å². The van der Waals surface area contributed by atoms with Crippen molar-refractivity contribution in [3.8, 4) is 11.5 Å². The molecular weight excluding hydrogens is 336 g/mol. The van der Waals surface area contributed by atoms with E-state index in [0.29, 0.717) is 62.2 Å². The van der Waals surface area contributed by atoms with Crippen molar-refractivity contribution in [1.82, 2.24) is 9.80 Å². The van der Waals surface area contributed by atoms with E-state index in [1.54, 1.807) is 40.1 Å². The van der Waals surface area contributed by atoms with E-state index < -0.39 is 0 Å². The van der Waals surface area contributed by atoms with Crippen LogP contribution in [0.15, 0.2) is 41.0 Å². The van der Waals surface area contributed by atoms with Crippen LogP contribution >= 0.6 is 0 Å². The van der Waals surface area contributed by atoms with Gasteiger partial charge in [0.15, 0.2) is 17.3 Å². The number of hydrogen-bond donors (Lipinski definition) is 0. The van der Waals surface area contributed by atoms with Crippen LogP contribution in [0.1, 0.15) is 27.3 Å². The molecule has 0 saturated carbocycles. The maximum atomic E-state index is 12.9. The molecule has 0 atom stereocenters. The SMILES string of the molecule is O=C(c1ccc2c(c1)OCCO2)N1CCCN(C(=O)c2ccco2)CC1. The third-order valence-electron chi connectivity index (χ3n) is 4.59. The van der Waals surface area contributed by atoms with Gasteiger partial charge in [-0.2, -0.15) is 0 Å². The first-order valence-corrected chi connectivity index (χ1v) is 8.74. The Balaban J connectivity index is 1.44. The third kappa shape index (κ3) is 3.24. The number of benzene rings is 1. The van der Waals surface area contributed by atoms with Crippen LogP contribution in [0.2, 0.25) is 0 Å². The lowest BCUT2D eigenvalue weighted by atomic mass is 10.1. The Morgan fingerprint density at radius 3 is 2.31 bits per heavy atom. The molecule has 7 nitrogen and oxygen atoms in total. The van der Waals surface area contributed by atoms with Crippen molar-refractivity contribution in [3.05, 3.63) is 47.9 Å². The summed E-state index contributed by atoms with van der Waals surface area (Å²) in [5.41, 5.74) is 0.570. The Morgan fingerprint density at radius 2 is 1.58 bits per heavy atom. The molecule has 0 radical (unpaired) electrons. The zero-order valence-electron chi connectivity index (χ0n) is 14.3. The van der Waals surface area contributed by atoms with Crippen LogP contribution in [-0.4, -0.2) is 61.0 Å². The van der Waals surface area contributed by atoms with Gasteiger partial charge in [0.25, 0.3) is 11.8 Å². The highest BCUT2D eigenvalue weighted by atomic mass is 16.6. The average molecular weight is 356 g/mol. The summed E-state index contributed by atoms with van der Waals surface area (Å²) in [5, 5.41) is 0. The first-order valence-electron chi connectivity index (χ1n) is 8.74. The number of furan rings is 1. The summed E-state index contributed by atoms with van der Waals surface area (Å²) >= 11 is 0. The third-order valence-corrected chi connectivity index (χ3v) is 4.59. The van der Waals surface area contributed by atoms with Crippen molar-refractivity contribution >= 4 is 11.8 Å². The number of hydrogen-bond acceptors (Lipinski definition) is 5. The van der Waals surface area contributed by atoms with E-state index in [1.165, 1.54) is 6.26 Å². The van der Waals surface area contributed by atoms with Gasteiger partial charge in [-0.25, -0.2) is 0 Å². The van der Waals surface area contributed by atoms with Crippen LogP contribution in [0.3, 0.4) is 0 Å². The molecule has 0 spiro atoms. The quantitative estimate of drug-likeness (QED) is 0.823. The molecule has 4 rings (SSSR count). The summed E-state index contributed by atoms with van der Waals surface area (Å²) in [4.78, 5) is 28.8. The second-order valence-electron chi connectivity index (χ2n) is 6.27. The number of amides is 2. The van der Waals surface area contributed by atoms with E-state index in [-0.39, 0.29) is 11.8 Å². The number of carbonyl (C=O) groups is 2. The highest BCUT2D eigenvalue weighted by molar-refractivity contribution is 5.95. The average Bonchev–Trinajstić information content (AvgIpc) is 3.11. The molecule has 0 N–H and O–H groups in total. The van der Waals surface area contributed by atoms with Gasteiger partial charge in [-0.1, -0.05) is 0 Å². The number of nitrogens with zero attached hydrogens (tertiary/aromatic N) is 2. The second-order valence-corrected chi connectivity index (χ2v) is 6.27. The van der Waals surface area contributed by atoms with Crippen molar-refractivity contribution in [2.45, 2.75) is 6.42 Å². The fourth-order valence-corrected chi connectivity index (χ4v) is 3.24. The van der Waals surface area contributed by atoms with E-state index in [9.17, 15) is 9.59 Å². The van der Waals surface area contributed by atoms with Gasteiger partial charge in [-0.05, 0) is 36.8 Å². The molecule has 2 aliphatic rings. The standard InChI is InChI=1S/C19H20N2O5/c22-18(14-4-5-15-17(13-14)26-12-11-25-15)20-6-2-7-21(9-8-20)19(23)16-3-1-10-24-16/h1,3-5,10,13H,2,6-9,11-12H2. The monoisotopic (exact) mass is 356 g/mol. The maximum absolute atomic E-state index is 12.9. The van der Waals surface area contributed by atoms with E-state index in [2.05, 4.69) is 0 Å². The number of ether oxygens (including phenoxy) is 2. The van der Waals surface area contributed by atoms with Crippen molar-refractivity contribution in [2.24, 2.45) is 0 Å². The lowest BCUT2D eigenvalue weighted by Gasteiger charge is -2.23. The van der Waals surface area contributed by atoms with Gasteiger partial charge in [-0.15, -0.1) is 0 Å². The number of rotatable bonds is 2. The van der Waals surface area contributed by atoms with Crippen molar-refractivity contribution in [3.63, 3.8) is 0 Å². The topological polar surface area (TPSA) is 72.2 Å². The Hall–Kier alpha value is -2.96. The number of fused-ring (bicyclic) bond motifs is 1. The van der Waals surface area contributed by atoms with Crippen molar-refractivity contribution in [1.29, 1.82) is 0 Å². The van der Waals surface area contributed by atoms with Gasteiger partial charge in [0.2, 0.25) is 0 Å². The molecule has 7 heteroatoms. The first kappa shape index (κ1) is 16.5. The summed E-state index contributed by atoms with van der Waals surface area (Å²) in [6.07, 6.45) is 2.21. The minimum Gasteiger partial charge on any atom is -0.486 e. The van der Waals surface area contributed by atoms with Gasteiger partial charge < -0.3 is 23.7 Å². The Kier molecular flexibility index (Phi) is 4.51. The zero-order chi connectivity index (χ0) is 17.9. The molecule has 2 aromatic rings. The van der Waals surface area contributed by atoms with Gasteiger partial charge in [0.1, 0.15) is 13.2 Å². The van der Waals surface area contributed by atoms with Crippen LogP contribution in [0.25, 0.3) is 0 Å². The molecule has 3 heterocycles. The molecule has 0 aliphatic carbocycles. The van der Waals surface area contributed by atoms with E-state index in [1.807, 2.05) is 0 Å².